The Hall–Kier alpha value is -2.37. The first-order chi connectivity index (χ1) is 9.47. The average Bonchev–Trinajstić information content (AvgIpc) is 2.85. The first-order valence-corrected chi connectivity index (χ1v) is 6.33. The van der Waals surface area contributed by atoms with E-state index in [1.807, 2.05) is 13.8 Å². The fraction of sp³-hybridized carbons (Fsp3) is 0.286. The topological polar surface area (TPSA) is 72.9 Å². The number of hydrogen-bond acceptors (Lipinski definition) is 3. The maximum absolute atomic E-state index is 13.2. The Morgan fingerprint density at radius 2 is 2.20 bits per heavy atom. The Bertz CT molecular complexity index is 609. The van der Waals surface area contributed by atoms with E-state index in [0.29, 0.717) is 11.3 Å². The molecule has 0 aliphatic heterocycles. The second-order valence-corrected chi connectivity index (χ2v) is 4.84. The molecule has 6 heteroatoms. The molecule has 0 spiro atoms. The lowest BCUT2D eigenvalue weighted by atomic mass is 10.1. The van der Waals surface area contributed by atoms with E-state index in [4.69, 9.17) is 5.73 Å². The second-order valence-electron chi connectivity index (χ2n) is 4.84. The van der Waals surface area contributed by atoms with Gasteiger partial charge in [-0.1, -0.05) is 6.07 Å². The summed E-state index contributed by atoms with van der Waals surface area (Å²) < 4.78 is 14.9. The Labute approximate surface area is 116 Å². The zero-order valence-electron chi connectivity index (χ0n) is 11.4. The number of aromatic nitrogens is 2. The number of carbonyl (C=O) groups is 1. The molecule has 20 heavy (non-hydrogen) atoms. The molecule has 2 aromatic rings. The van der Waals surface area contributed by atoms with Crippen molar-refractivity contribution in [1.29, 1.82) is 0 Å². The number of benzene rings is 1. The van der Waals surface area contributed by atoms with Crippen LogP contribution >= 0.6 is 0 Å². The number of primary amides is 1. The molecule has 3 N–H and O–H groups in total. The Morgan fingerprint density at radius 1 is 1.45 bits per heavy atom. The molecule has 5 nitrogen and oxygen atoms in total. The van der Waals surface area contributed by atoms with E-state index < -0.39 is 11.9 Å². The third kappa shape index (κ3) is 3.14. The van der Waals surface area contributed by atoms with Gasteiger partial charge in [0.15, 0.2) is 0 Å². The van der Waals surface area contributed by atoms with Crippen LogP contribution in [0, 0.1) is 5.82 Å². The molecule has 0 saturated carbocycles. The lowest BCUT2D eigenvalue weighted by Crippen LogP contribution is -2.27. The fourth-order valence-corrected chi connectivity index (χ4v) is 1.85. The van der Waals surface area contributed by atoms with Gasteiger partial charge in [-0.05, 0) is 32.0 Å². The number of halogens is 1. The summed E-state index contributed by atoms with van der Waals surface area (Å²) in [5, 5.41) is 7.09. The van der Waals surface area contributed by atoms with Gasteiger partial charge in [-0.3, -0.25) is 9.48 Å². The summed E-state index contributed by atoms with van der Waals surface area (Å²) in [4.78, 5) is 11.6. The molecular formula is C14H17FN4O. The number of nitrogens with one attached hydrogen (secondary N) is 1. The van der Waals surface area contributed by atoms with E-state index in [1.165, 1.54) is 12.1 Å². The number of carbonyl (C=O) groups excluding carboxylic acids is 1. The van der Waals surface area contributed by atoms with Crippen LogP contribution in [-0.2, 0) is 4.79 Å². The summed E-state index contributed by atoms with van der Waals surface area (Å²) in [6.45, 7) is 3.96. The van der Waals surface area contributed by atoms with Gasteiger partial charge in [-0.25, -0.2) is 4.39 Å². The van der Waals surface area contributed by atoms with Crippen LogP contribution in [0.5, 0.6) is 0 Å². The highest BCUT2D eigenvalue weighted by molar-refractivity contribution is 5.84. The molecule has 0 bridgehead atoms. The first-order valence-electron chi connectivity index (χ1n) is 6.33. The zero-order valence-corrected chi connectivity index (χ0v) is 11.4. The lowest BCUT2D eigenvalue weighted by molar-refractivity contribution is -0.118. The van der Waals surface area contributed by atoms with Gasteiger partial charge in [-0.15, -0.1) is 0 Å². The predicted octanol–water partition coefficient (Wildman–Crippen LogP) is 2.24. The molecule has 1 aromatic heterocycles. The van der Waals surface area contributed by atoms with E-state index in [2.05, 4.69) is 10.4 Å². The van der Waals surface area contributed by atoms with E-state index in [1.54, 1.807) is 29.2 Å². The summed E-state index contributed by atoms with van der Waals surface area (Å²) in [6, 6.07) is 5.32. The maximum atomic E-state index is 13.2. The molecule has 0 aliphatic rings. The van der Waals surface area contributed by atoms with Gasteiger partial charge in [0.25, 0.3) is 0 Å². The Balaban J connectivity index is 2.24. The predicted molar refractivity (Wildman–Crippen MR) is 74.6 cm³/mol. The lowest BCUT2D eigenvalue weighted by Gasteiger charge is -2.15. The number of hydrogen-bond donors (Lipinski definition) is 2. The van der Waals surface area contributed by atoms with Crippen LogP contribution in [0.25, 0.3) is 0 Å². The highest BCUT2D eigenvalue weighted by Gasteiger charge is 2.20. The fourth-order valence-electron chi connectivity index (χ4n) is 1.85. The number of amides is 1. The van der Waals surface area contributed by atoms with Crippen molar-refractivity contribution in [3.8, 4) is 0 Å². The highest BCUT2D eigenvalue weighted by atomic mass is 19.1. The number of nitrogens with two attached hydrogens (primary N) is 1. The van der Waals surface area contributed by atoms with E-state index in [-0.39, 0.29) is 11.9 Å². The minimum atomic E-state index is -0.746. The first kappa shape index (κ1) is 14.0. The molecular weight excluding hydrogens is 259 g/mol. The summed E-state index contributed by atoms with van der Waals surface area (Å²) in [6.07, 6.45) is 3.34. The number of nitrogens with zero attached hydrogens (tertiary/aromatic N) is 2. The van der Waals surface area contributed by atoms with Crippen molar-refractivity contribution >= 4 is 11.6 Å². The average molecular weight is 276 g/mol. The summed E-state index contributed by atoms with van der Waals surface area (Å²) >= 11 is 0. The Kier molecular flexibility index (Phi) is 4.02. The minimum absolute atomic E-state index is 0.187. The monoisotopic (exact) mass is 276 g/mol. The van der Waals surface area contributed by atoms with Crippen molar-refractivity contribution in [2.24, 2.45) is 5.73 Å². The number of rotatable bonds is 5. The summed E-state index contributed by atoms with van der Waals surface area (Å²) in [5.41, 5.74) is 6.55. The van der Waals surface area contributed by atoms with E-state index >= 15 is 0 Å². The van der Waals surface area contributed by atoms with Gasteiger partial charge >= 0.3 is 0 Å². The van der Waals surface area contributed by atoms with Gasteiger partial charge in [0.05, 0.1) is 6.20 Å². The Morgan fingerprint density at radius 3 is 2.75 bits per heavy atom. The highest BCUT2D eigenvalue weighted by Crippen LogP contribution is 2.20. The SMILES string of the molecule is CC(C)n1cc(C(Nc2cccc(F)c2)C(N)=O)cn1. The molecule has 1 atom stereocenters. The van der Waals surface area contributed by atoms with Crippen molar-refractivity contribution in [2.75, 3.05) is 5.32 Å². The second kappa shape index (κ2) is 5.73. The van der Waals surface area contributed by atoms with Gasteiger partial charge in [0, 0.05) is 23.5 Å². The van der Waals surface area contributed by atoms with Crippen LogP contribution in [0.2, 0.25) is 0 Å². The van der Waals surface area contributed by atoms with Crippen molar-refractivity contribution < 1.29 is 9.18 Å². The molecule has 1 aromatic carbocycles. The van der Waals surface area contributed by atoms with E-state index in [9.17, 15) is 9.18 Å². The van der Waals surface area contributed by atoms with Crippen LogP contribution in [0.3, 0.4) is 0 Å². The van der Waals surface area contributed by atoms with Crippen LogP contribution < -0.4 is 11.1 Å². The van der Waals surface area contributed by atoms with Crippen molar-refractivity contribution in [1.82, 2.24) is 9.78 Å². The zero-order chi connectivity index (χ0) is 14.7. The van der Waals surface area contributed by atoms with Gasteiger partial charge in [-0.2, -0.15) is 5.10 Å². The number of anilines is 1. The molecule has 0 radical (unpaired) electrons. The molecule has 1 unspecified atom stereocenters. The van der Waals surface area contributed by atoms with Crippen molar-refractivity contribution in [2.45, 2.75) is 25.9 Å². The molecule has 0 saturated heterocycles. The van der Waals surface area contributed by atoms with E-state index in [0.717, 1.165) is 0 Å². The molecule has 0 aliphatic carbocycles. The molecule has 106 valence electrons. The molecule has 2 rings (SSSR count). The van der Waals surface area contributed by atoms with Gasteiger partial charge < -0.3 is 11.1 Å². The van der Waals surface area contributed by atoms with Crippen LogP contribution in [0.4, 0.5) is 10.1 Å². The molecule has 0 fully saturated rings. The summed E-state index contributed by atoms with van der Waals surface area (Å²) in [7, 11) is 0. The largest absolute Gasteiger partial charge is 0.370 e. The van der Waals surface area contributed by atoms with Crippen LogP contribution in [0.1, 0.15) is 31.5 Å². The van der Waals surface area contributed by atoms with Crippen molar-refractivity contribution in [3.63, 3.8) is 0 Å². The standard InChI is InChI=1S/C14H17FN4O/c1-9(2)19-8-10(7-17-19)13(14(16)20)18-12-5-3-4-11(15)6-12/h3-9,13,18H,1-2H3,(H2,16,20). The third-order valence-electron chi connectivity index (χ3n) is 2.90. The smallest absolute Gasteiger partial charge is 0.244 e. The maximum Gasteiger partial charge on any atom is 0.244 e. The van der Waals surface area contributed by atoms with Gasteiger partial charge in [0.2, 0.25) is 5.91 Å². The molecule has 1 heterocycles. The summed E-state index contributed by atoms with van der Waals surface area (Å²) in [5.74, 6) is -0.923. The molecule has 1 amide bonds. The van der Waals surface area contributed by atoms with Crippen LogP contribution in [-0.4, -0.2) is 15.7 Å². The van der Waals surface area contributed by atoms with Gasteiger partial charge in [0.1, 0.15) is 11.9 Å². The van der Waals surface area contributed by atoms with Crippen LogP contribution in [0.15, 0.2) is 36.7 Å². The quantitative estimate of drug-likeness (QED) is 0.879. The minimum Gasteiger partial charge on any atom is -0.370 e. The van der Waals surface area contributed by atoms with Crippen molar-refractivity contribution in [3.05, 3.63) is 48.0 Å². The third-order valence-corrected chi connectivity index (χ3v) is 2.90. The normalized spacial score (nSPS) is 12.4.